The zero-order chi connectivity index (χ0) is 23.7. The molecule has 0 unspecified atom stereocenters. The molecule has 34 heavy (non-hydrogen) atoms. The molecule has 5 aromatic rings. The van der Waals surface area contributed by atoms with Gasteiger partial charge in [0.1, 0.15) is 0 Å². The first kappa shape index (κ1) is 22.9. The van der Waals surface area contributed by atoms with Crippen LogP contribution in [-0.4, -0.2) is 0 Å². The maximum absolute atomic E-state index is 3.71. The average molecular weight is 574 g/mol. The van der Waals surface area contributed by atoms with Crippen LogP contribution < -0.4 is 10.6 Å². The number of halogens is 2. The molecule has 0 aliphatic heterocycles. The lowest BCUT2D eigenvalue weighted by Gasteiger charge is -2.19. The summed E-state index contributed by atoms with van der Waals surface area (Å²) < 4.78 is 2.18. The Balaban J connectivity index is 1.58. The highest BCUT2D eigenvalue weighted by molar-refractivity contribution is 9.11. The van der Waals surface area contributed by atoms with E-state index in [0.717, 1.165) is 33.4 Å². The van der Waals surface area contributed by atoms with Crippen molar-refractivity contribution in [1.29, 1.82) is 0 Å². The van der Waals surface area contributed by atoms with Gasteiger partial charge in [-0.3, -0.25) is 0 Å². The van der Waals surface area contributed by atoms with E-state index in [0.29, 0.717) is 0 Å². The predicted molar refractivity (Wildman–Crippen MR) is 154 cm³/mol. The molecule has 0 radical (unpaired) electrons. The molecule has 0 amide bonds. The zero-order valence-electron chi connectivity index (χ0n) is 19.3. The Hall–Kier alpha value is -2.82. The molecule has 0 aromatic heterocycles. The van der Waals surface area contributed by atoms with E-state index in [1.165, 1.54) is 43.8 Å². The van der Waals surface area contributed by atoms with Crippen molar-refractivity contribution in [2.45, 2.75) is 26.9 Å². The van der Waals surface area contributed by atoms with Crippen molar-refractivity contribution >= 4 is 64.8 Å². The maximum atomic E-state index is 3.71. The summed E-state index contributed by atoms with van der Waals surface area (Å²) >= 11 is 7.42. The van der Waals surface area contributed by atoms with Crippen LogP contribution in [-0.2, 0) is 13.1 Å². The van der Waals surface area contributed by atoms with Crippen molar-refractivity contribution in [3.05, 3.63) is 116 Å². The summed E-state index contributed by atoms with van der Waals surface area (Å²) in [6.07, 6.45) is 0. The Morgan fingerprint density at radius 1 is 0.529 bits per heavy atom. The minimum atomic E-state index is 0.750. The molecule has 0 saturated heterocycles. The van der Waals surface area contributed by atoms with Crippen LogP contribution in [0.15, 0.2) is 93.9 Å². The second-order valence-corrected chi connectivity index (χ2v) is 10.4. The van der Waals surface area contributed by atoms with Crippen LogP contribution in [0, 0.1) is 13.8 Å². The topological polar surface area (TPSA) is 24.1 Å². The average Bonchev–Trinajstić information content (AvgIpc) is 2.83. The highest BCUT2D eigenvalue weighted by Crippen LogP contribution is 2.35. The number of nitrogens with one attached hydrogen (secondary N) is 2. The van der Waals surface area contributed by atoms with Crippen molar-refractivity contribution in [1.82, 2.24) is 0 Å². The molecule has 170 valence electrons. The van der Waals surface area contributed by atoms with E-state index in [1.807, 2.05) is 0 Å². The van der Waals surface area contributed by atoms with Crippen LogP contribution in [0.1, 0.15) is 22.3 Å². The highest BCUT2D eigenvalue weighted by Gasteiger charge is 2.14. The standard InChI is InChI=1S/C30H26Br2N2/c1-19-11-13-29(27(31)15-19)33-17-25-21-7-3-5-9-23(21)26(24-10-6-4-8-22(24)25)18-34-30-14-12-20(2)16-28(30)32/h3-16,33-34H,17-18H2,1-2H3. The van der Waals surface area contributed by atoms with Gasteiger partial charge in [-0.2, -0.15) is 0 Å². The Morgan fingerprint density at radius 3 is 1.21 bits per heavy atom. The van der Waals surface area contributed by atoms with Gasteiger partial charge in [-0.1, -0.05) is 60.7 Å². The van der Waals surface area contributed by atoms with Crippen molar-refractivity contribution in [3.8, 4) is 0 Å². The third-order valence-electron chi connectivity index (χ3n) is 6.32. The van der Waals surface area contributed by atoms with Gasteiger partial charge < -0.3 is 10.6 Å². The Labute approximate surface area is 217 Å². The Kier molecular flexibility index (Phi) is 6.62. The lowest BCUT2D eigenvalue weighted by molar-refractivity contribution is 1.16. The first-order valence-corrected chi connectivity index (χ1v) is 13.0. The summed E-state index contributed by atoms with van der Waals surface area (Å²) in [5.74, 6) is 0. The SMILES string of the molecule is Cc1ccc(NCc2c3ccccc3c(CNc3ccc(C)cc3Br)c3ccccc23)c(Br)c1. The molecule has 0 fully saturated rings. The Bertz CT molecular complexity index is 1340. The minimum Gasteiger partial charge on any atom is -0.380 e. The van der Waals surface area contributed by atoms with Crippen LogP contribution in [0.2, 0.25) is 0 Å². The van der Waals surface area contributed by atoms with Gasteiger partial charge in [0.25, 0.3) is 0 Å². The van der Waals surface area contributed by atoms with Gasteiger partial charge in [-0.05, 0) is 114 Å². The molecule has 0 saturated carbocycles. The fraction of sp³-hybridized carbons (Fsp3) is 0.133. The quantitative estimate of drug-likeness (QED) is 0.198. The van der Waals surface area contributed by atoms with E-state index in [4.69, 9.17) is 0 Å². The summed E-state index contributed by atoms with van der Waals surface area (Å²) in [5.41, 5.74) is 7.33. The van der Waals surface area contributed by atoms with Crippen molar-refractivity contribution in [2.24, 2.45) is 0 Å². The summed E-state index contributed by atoms with van der Waals surface area (Å²) in [6, 6.07) is 30.4. The molecule has 0 spiro atoms. The number of benzene rings is 5. The number of fused-ring (bicyclic) bond motifs is 2. The fourth-order valence-electron chi connectivity index (χ4n) is 4.58. The normalized spacial score (nSPS) is 11.2. The van der Waals surface area contributed by atoms with Gasteiger partial charge in [0.2, 0.25) is 0 Å². The van der Waals surface area contributed by atoms with Crippen LogP contribution in [0.3, 0.4) is 0 Å². The van der Waals surface area contributed by atoms with E-state index in [-0.39, 0.29) is 0 Å². The van der Waals surface area contributed by atoms with Gasteiger partial charge in [-0.15, -0.1) is 0 Å². The van der Waals surface area contributed by atoms with Crippen molar-refractivity contribution in [3.63, 3.8) is 0 Å². The summed E-state index contributed by atoms with van der Waals surface area (Å²) in [7, 11) is 0. The number of hydrogen-bond donors (Lipinski definition) is 2. The number of anilines is 2. The number of aryl methyl sites for hydroxylation is 2. The summed E-state index contributed by atoms with van der Waals surface area (Å²) in [4.78, 5) is 0. The maximum Gasteiger partial charge on any atom is 0.0487 e. The van der Waals surface area contributed by atoms with Crippen LogP contribution >= 0.6 is 31.9 Å². The minimum absolute atomic E-state index is 0.750. The predicted octanol–water partition coefficient (Wildman–Crippen LogP) is 9.36. The largest absolute Gasteiger partial charge is 0.380 e. The molecule has 0 aliphatic carbocycles. The summed E-state index contributed by atoms with van der Waals surface area (Å²) in [6.45, 7) is 5.72. The second-order valence-electron chi connectivity index (χ2n) is 8.72. The Morgan fingerprint density at radius 2 is 0.882 bits per heavy atom. The molecule has 5 aromatic carbocycles. The molecule has 0 heterocycles. The zero-order valence-corrected chi connectivity index (χ0v) is 22.4. The van der Waals surface area contributed by atoms with Gasteiger partial charge >= 0.3 is 0 Å². The first-order chi connectivity index (χ1) is 16.5. The highest BCUT2D eigenvalue weighted by atomic mass is 79.9. The molecule has 0 atom stereocenters. The molecule has 0 bridgehead atoms. The van der Waals surface area contributed by atoms with Crippen molar-refractivity contribution < 1.29 is 0 Å². The molecule has 5 rings (SSSR count). The van der Waals surface area contributed by atoms with Gasteiger partial charge in [0, 0.05) is 33.4 Å². The molecule has 2 nitrogen and oxygen atoms in total. The van der Waals surface area contributed by atoms with E-state index in [9.17, 15) is 0 Å². The monoisotopic (exact) mass is 572 g/mol. The molecular formula is C30H26Br2N2. The molecule has 0 aliphatic rings. The van der Waals surface area contributed by atoms with Crippen LogP contribution in [0.4, 0.5) is 11.4 Å². The van der Waals surface area contributed by atoms with E-state index < -0.39 is 0 Å². The fourth-order valence-corrected chi connectivity index (χ4v) is 5.85. The van der Waals surface area contributed by atoms with E-state index in [1.54, 1.807) is 0 Å². The van der Waals surface area contributed by atoms with Crippen LogP contribution in [0.5, 0.6) is 0 Å². The van der Waals surface area contributed by atoms with Gasteiger partial charge in [-0.25, -0.2) is 0 Å². The molecule has 2 N–H and O–H groups in total. The third kappa shape index (κ3) is 4.57. The second kappa shape index (κ2) is 9.81. The van der Waals surface area contributed by atoms with E-state index in [2.05, 4.69) is 141 Å². The lowest BCUT2D eigenvalue weighted by atomic mass is 9.91. The smallest absolute Gasteiger partial charge is 0.0487 e. The third-order valence-corrected chi connectivity index (χ3v) is 7.63. The van der Waals surface area contributed by atoms with E-state index >= 15 is 0 Å². The summed E-state index contributed by atoms with van der Waals surface area (Å²) in [5, 5.41) is 12.5. The number of hydrogen-bond acceptors (Lipinski definition) is 2. The van der Waals surface area contributed by atoms with Crippen LogP contribution in [0.25, 0.3) is 21.5 Å². The van der Waals surface area contributed by atoms with Gasteiger partial charge in [0.05, 0.1) is 0 Å². The molecular weight excluding hydrogens is 548 g/mol. The first-order valence-electron chi connectivity index (χ1n) is 11.4. The van der Waals surface area contributed by atoms with Gasteiger partial charge in [0.15, 0.2) is 0 Å². The van der Waals surface area contributed by atoms with Crippen molar-refractivity contribution in [2.75, 3.05) is 10.6 Å². The lowest BCUT2D eigenvalue weighted by Crippen LogP contribution is -2.06. The molecule has 4 heteroatoms. The number of rotatable bonds is 6.